The van der Waals surface area contributed by atoms with Gasteiger partial charge in [-0.05, 0) is 48.5 Å². The number of nitrogens with zero attached hydrogens (tertiary/aromatic N) is 1. The van der Waals surface area contributed by atoms with Crippen LogP contribution >= 0.6 is 0 Å². The lowest BCUT2D eigenvalue weighted by Gasteiger charge is -2.16. The van der Waals surface area contributed by atoms with Gasteiger partial charge in [0.05, 0.1) is 13.0 Å². The van der Waals surface area contributed by atoms with E-state index in [1.807, 2.05) is 30.3 Å². The molecule has 0 radical (unpaired) electrons. The molecule has 7 nitrogen and oxygen atoms in total. The van der Waals surface area contributed by atoms with E-state index in [9.17, 15) is 14.4 Å². The molecule has 0 saturated carbocycles. The van der Waals surface area contributed by atoms with Crippen LogP contribution in [0.15, 0.2) is 78.9 Å². The maximum atomic E-state index is 12.7. The predicted octanol–water partition coefficient (Wildman–Crippen LogP) is 3.94. The van der Waals surface area contributed by atoms with Gasteiger partial charge in [-0.3, -0.25) is 14.4 Å². The first kappa shape index (κ1) is 21.1. The van der Waals surface area contributed by atoms with Gasteiger partial charge in [0.15, 0.2) is 0 Å². The molecule has 1 aliphatic rings. The number of hydrogen-bond acceptors (Lipinski definition) is 4. The Hall–Kier alpha value is -4.13. The van der Waals surface area contributed by atoms with Gasteiger partial charge in [-0.25, -0.2) is 0 Å². The van der Waals surface area contributed by atoms with E-state index in [-0.39, 0.29) is 24.1 Å². The summed E-state index contributed by atoms with van der Waals surface area (Å²) >= 11 is 0. The number of hydrogen-bond donors (Lipinski definition) is 2. The number of anilines is 3. The largest absolute Gasteiger partial charge is 0.497 e. The number of ether oxygens (including phenoxy) is 1. The van der Waals surface area contributed by atoms with Gasteiger partial charge in [-0.2, -0.15) is 0 Å². The van der Waals surface area contributed by atoms with Crippen molar-refractivity contribution >= 4 is 34.8 Å². The highest BCUT2D eigenvalue weighted by Gasteiger charge is 2.35. The minimum atomic E-state index is -0.432. The molecule has 3 aromatic carbocycles. The summed E-state index contributed by atoms with van der Waals surface area (Å²) in [6.07, 6.45) is 0.168. The van der Waals surface area contributed by atoms with Gasteiger partial charge in [-0.1, -0.05) is 24.3 Å². The second kappa shape index (κ2) is 9.34. The van der Waals surface area contributed by atoms with E-state index in [0.717, 1.165) is 5.69 Å². The van der Waals surface area contributed by atoms with Gasteiger partial charge >= 0.3 is 0 Å². The van der Waals surface area contributed by atoms with Crippen molar-refractivity contribution in [2.45, 2.75) is 6.42 Å². The van der Waals surface area contributed by atoms with Crippen LogP contribution in [0.2, 0.25) is 0 Å². The monoisotopic (exact) mass is 429 g/mol. The summed E-state index contributed by atoms with van der Waals surface area (Å²) in [6, 6.07) is 23.0. The molecule has 1 aliphatic heterocycles. The molecule has 3 amide bonds. The van der Waals surface area contributed by atoms with Crippen LogP contribution in [0.25, 0.3) is 0 Å². The number of benzene rings is 3. The average Bonchev–Trinajstić information content (AvgIpc) is 3.22. The Balaban J connectivity index is 1.35. The molecule has 0 aromatic heterocycles. The Morgan fingerprint density at radius 3 is 2.38 bits per heavy atom. The van der Waals surface area contributed by atoms with Crippen molar-refractivity contribution in [3.63, 3.8) is 0 Å². The molecule has 1 atom stereocenters. The highest BCUT2D eigenvalue weighted by atomic mass is 16.5. The third-order valence-electron chi connectivity index (χ3n) is 5.31. The van der Waals surface area contributed by atoms with Crippen LogP contribution in [-0.4, -0.2) is 31.4 Å². The van der Waals surface area contributed by atoms with Crippen molar-refractivity contribution in [3.8, 4) is 5.75 Å². The fourth-order valence-corrected chi connectivity index (χ4v) is 3.59. The standard InChI is InChI=1S/C25H23N3O4/c1-32-22-9-5-6-20(15-22)27-24(30)17-10-12-19(13-11-17)26-25(31)18-14-23(29)28(16-18)21-7-3-2-4-8-21/h2-13,15,18H,14,16H2,1H3,(H,26,31)(H,27,30). The number of rotatable bonds is 6. The molecule has 1 saturated heterocycles. The van der Waals surface area contributed by atoms with Crippen LogP contribution < -0.4 is 20.3 Å². The van der Waals surface area contributed by atoms with Gasteiger partial charge < -0.3 is 20.3 Å². The van der Waals surface area contributed by atoms with Crippen molar-refractivity contribution in [1.82, 2.24) is 0 Å². The van der Waals surface area contributed by atoms with Crippen molar-refractivity contribution in [2.75, 3.05) is 29.2 Å². The number of carbonyl (C=O) groups is 3. The van der Waals surface area contributed by atoms with E-state index in [1.54, 1.807) is 60.5 Å². The maximum Gasteiger partial charge on any atom is 0.255 e. The van der Waals surface area contributed by atoms with E-state index in [1.165, 1.54) is 0 Å². The van der Waals surface area contributed by atoms with E-state index in [0.29, 0.717) is 29.2 Å². The molecule has 2 N–H and O–H groups in total. The average molecular weight is 429 g/mol. The van der Waals surface area contributed by atoms with Crippen LogP contribution in [0, 0.1) is 5.92 Å². The number of amides is 3. The van der Waals surface area contributed by atoms with Crippen LogP contribution in [0.1, 0.15) is 16.8 Å². The Bertz CT molecular complexity index is 1130. The summed E-state index contributed by atoms with van der Waals surface area (Å²) in [5.41, 5.74) is 2.44. The van der Waals surface area contributed by atoms with Crippen molar-refractivity contribution in [3.05, 3.63) is 84.4 Å². The summed E-state index contributed by atoms with van der Waals surface area (Å²) in [4.78, 5) is 39.1. The summed E-state index contributed by atoms with van der Waals surface area (Å²) < 4.78 is 5.16. The third-order valence-corrected chi connectivity index (χ3v) is 5.31. The fraction of sp³-hybridized carbons (Fsp3) is 0.160. The minimum Gasteiger partial charge on any atom is -0.497 e. The van der Waals surface area contributed by atoms with Gasteiger partial charge in [0.25, 0.3) is 5.91 Å². The van der Waals surface area contributed by atoms with Crippen LogP contribution in [0.5, 0.6) is 5.75 Å². The van der Waals surface area contributed by atoms with Crippen molar-refractivity contribution in [2.24, 2.45) is 5.92 Å². The zero-order chi connectivity index (χ0) is 22.5. The summed E-state index contributed by atoms with van der Waals surface area (Å²) in [7, 11) is 1.56. The molecule has 32 heavy (non-hydrogen) atoms. The van der Waals surface area contributed by atoms with E-state index < -0.39 is 5.92 Å². The number of para-hydroxylation sites is 1. The lowest BCUT2D eigenvalue weighted by atomic mass is 10.1. The van der Waals surface area contributed by atoms with E-state index in [4.69, 9.17) is 4.74 Å². The number of carbonyl (C=O) groups excluding carboxylic acids is 3. The van der Waals surface area contributed by atoms with Crippen molar-refractivity contribution in [1.29, 1.82) is 0 Å². The topological polar surface area (TPSA) is 87.7 Å². The highest BCUT2D eigenvalue weighted by molar-refractivity contribution is 6.05. The first-order chi connectivity index (χ1) is 15.5. The Labute approximate surface area is 186 Å². The molecule has 3 aromatic rings. The lowest BCUT2D eigenvalue weighted by molar-refractivity contribution is -0.122. The Kier molecular flexibility index (Phi) is 6.17. The zero-order valence-corrected chi connectivity index (χ0v) is 17.6. The molecule has 1 fully saturated rings. The molecule has 162 valence electrons. The predicted molar refractivity (Wildman–Crippen MR) is 123 cm³/mol. The molecule has 1 heterocycles. The highest BCUT2D eigenvalue weighted by Crippen LogP contribution is 2.26. The molecule has 1 unspecified atom stereocenters. The molecule has 0 spiro atoms. The minimum absolute atomic E-state index is 0.0686. The lowest BCUT2D eigenvalue weighted by Crippen LogP contribution is -2.28. The smallest absolute Gasteiger partial charge is 0.255 e. The molecule has 7 heteroatoms. The van der Waals surface area contributed by atoms with Gasteiger partial charge in [0.2, 0.25) is 11.8 Å². The van der Waals surface area contributed by atoms with Crippen LogP contribution in [0.4, 0.5) is 17.1 Å². The quantitative estimate of drug-likeness (QED) is 0.621. The molecule has 4 rings (SSSR count). The molecular formula is C25H23N3O4. The van der Waals surface area contributed by atoms with Crippen LogP contribution in [-0.2, 0) is 9.59 Å². The maximum absolute atomic E-state index is 12.7. The van der Waals surface area contributed by atoms with Gasteiger partial charge in [-0.15, -0.1) is 0 Å². The van der Waals surface area contributed by atoms with Gasteiger partial charge in [0, 0.05) is 41.7 Å². The first-order valence-electron chi connectivity index (χ1n) is 10.3. The Morgan fingerprint density at radius 2 is 1.66 bits per heavy atom. The summed E-state index contributed by atoms with van der Waals surface area (Å²) in [5.74, 6) is -0.335. The van der Waals surface area contributed by atoms with E-state index in [2.05, 4.69) is 10.6 Å². The zero-order valence-electron chi connectivity index (χ0n) is 17.6. The fourth-order valence-electron chi connectivity index (χ4n) is 3.59. The summed E-state index contributed by atoms with van der Waals surface area (Å²) in [6.45, 7) is 0.343. The third kappa shape index (κ3) is 4.78. The molecule has 0 aliphatic carbocycles. The van der Waals surface area contributed by atoms with Gasteiger partial charge in [0.1, 0.15) is 5.75 Å². The van der Waals surface area contributed by atoms with Crippen LogP contribution in [0.3, 0.4) is 0 Å². The summed E-state index contributed by atoms with van der Waals surface area (Å²) in [5, 5.41) is 5.66. The second-order valence-electron chi connectivity index (χ2n) is 7.49. The number of nitrogens with one attached hydrogen (secondary N) is 2. The first-order valence-corrected chi connectivity index (χ1v) is 10.3. The molecular weight excluding hydrogens is 406 g/mol. The normalized spacial score (nSPS) is 15.3. The number of methoxy groups -OCH3 is 1. The van der Waals surface area contributed by atoms with E-state index >= 15 is 0 Å². The second-order valence-corrected chi connectivity index (χ2v) is 7.49. The van der Waals surface area contributed by atoms with Crippen molar-refractivity contribution < 1.29 is 19.1 Å². The molecule has 0 bridgehead atoms. The SMILES string of the molecule is COc1cccc(NC(=O)c2ccc(NC(=O)C3CC(=O)N(c4ccccc4)C3)cc2)c1. The Morgan fingerprint density at radius 1 is 0.906 bits per heavy atom.